The highest BCUT2D eigenvalue weighted by molar-refractivity contribution is 9.09. The molecule has 1 N–H and O–H groups in total. The maximum Gasteiger partial charge on any atom is 0.328 e. The van der Waals surface area contributed by atoms with Gasteiger partial charge in [0.1, 0.15) is 0 Å². The molecule has 0 radical (unpaired) electrons. The molecule has 1 heterocycles. The first-order valence-corrected chi connectivity index (χ1v) is 5.22. The van der Waals surface area contributed by atoms with Crippen LogP contribution in [0.5, 0.6) is 0 Å². The SMILES string of the molecule is O=c1ccn(CCCCBr)c(=O)[nH]1. The number of hydrogen-bond donors (Lipinski definition) is 1. The number of aryl methyl sites for hydroxylation is 1. The van der Waals surface area contributed by atoms with Crippen molar-refractivity contribution in [2.45, 2.75) is 19.4 Å². The fourth-order valence-electron chi connectivity index (χ4n) is 0.997. The average Bonchev–Trinajstić information content (AvgIpc) is 2.09. The number of halogens is 1. The molecule has 0 aromatic carbocycles. The molecule has 13 heavy (non-hydrogen) atoms. The molecule has 1 aromatic heterocycles. The summed E-state index contributed by atoms with van der Waals surface area (Å²) in [6, 6.07) is 1.36. The molecule has 0 fully saturated rings. The van der Waals surface area contributed by atoms with E-state index in [2.05, 4.69) is 20.9 Å². The summed E-state index contributed by atoms with van der Waals surface area (Å²) in [4.78, 5) is 24.0. The minimum atomic E-state index is -0.346. The van der Waals surface area contributed by atoms with Crippen molar-refractivity contribution in [2.75, 3.05) is 5.33 Å². The second kappa shape index (κ2) is 5.01. The summed E-state index contributed by atoms with van der Waals surface area (Å²) in [5, 5.41) is 0.936. The molecule has 0 aliphatic rings. The molecule has 0 aliphatic carbocycles. The Morgan fingerprint density at radius 2 is 2.15 bits per heavy atom. The summed E-state index contributed by atoms with van der Waals surface area (Å²) < 4.78 is 1.50. The topological polar surface area (TPSA) is 54.9 Å². The molecule has 1 aromatic rings. The van der Waals surface area contributed by atoms with Gasteiger partial charge >= 0.3 is 5.69 Å². The molecule has 0 spiro atoms. The van der Waals surface area contributed by atoms with Gasteiger partial charge in [-0.2, -0.15) is 0 Å². The zero-order valence-corrected chi connectivity index (χ0v) is 8.71. The Bertz CT molecular complexity index is 369. The third-order valence-electron chi connectivity index (χ3n) is 1.68. The lowest BCUT2D eigenvalue weighted by Crippen LogP contribution is -2.28. The van der Waals surface area contributed by atoms with E-state index in [-0.39, 0.29) is 11.2 Å². The number of hydrogen-bond acceptors (Lipinski definition) is 2. The summed E-state index contributed by atoms with van der Waals surface area (Å²) in [6.07, 6.45) is 3.47. The van der Waals surface area contributed by atoms with Crippen molar-refractivity contribution in [3.63, 3.8) is 0 Å². The van der Waals surface area contributed by atoms with Crippen molar-refractivity contribution in [1.82, 2.24) is 9.55 Å². The van der Waals surface area contributed by atoms with Crippen molar-refractivity contribution >= 4 is 15.9 Å². The molecule has 0 unspecified atom stereocenters. The molecular formula is C8H11BrN2O2. The minimum Gasteiger partial charge on any atom is -0.301 e. The van der Waals surface area contributed by atoms with Gasteiger partial charge in [-0.05, 0) is 12.8 Å². The van der Waals surface area contributed by atoms with Crippen LogP contribution in [-0.4, -0.2) is 14.9 Å². The highest BCUT2D eigenvalue weighted by Gasteiger charge is 1.94. The van der Waals surface area contributed by atoms with Crippen molar-refractivity contribution < 1.29 is 0 Å². The zero-order valence-electron chi connectivity index (χ0n) is 7.12. The molecule has 0 bridgehead atoms. The lowest BCUT2D eigenvalue weighted by molar-refractivity contribution is 0.600. The molecule has 4 nitrogen and oxygen atoms in total. The molecule has 0 saturated carbocycles. The van der Waals surface area contributed by atoms with E-state index in [1.165, 1.54) is 16.8 Å². The first-order chi connectivity index (χ1) is 6.24. The Labute approximate surface area is 83.7 Å². The largest absolute Gasteiger partial charge is 0.328 e. The average molecular weight is 247 g/mol. The zero-order chi connectivity index (χ0) is 9.68. The van der Waals surface area contributed by atoms with Gasteiger partial charge in [0, 0.05) is 24.1 Å². The smallest absolute Gasteiger partial charge is 0.301 e. The van der Waals surface area contributed by atoms with E-state index in [0.717, 1.165) is 18.2 Å². The van der Waals surface area contributed by atoms with Gasteiger partial charge in [-0.3, -0.25) is 9.78 Å². The van der Waals surface area contributed by atoms with Crippen LogP contribution in [-0.2, 0) is 6.54 Å². The summed E-state index contributed by atoms with van der Waals surface area (Å²) in [6.45, 7) is 0.654. The Hall–Kier alpha value is -0.840. The number of rotatable bonds is 4. The highest BCUT2D eigenvalue weighted by atomic mass is 79.9. The van der Waals surface area contributed by atoms with Gasteiger partial charge in [0.25, 0.3) is 5.56 Å². The Kier molecular flexibility index (Phi) is 3.95. The van der Waals surface area contributed by atoms with Gasteiger partial charge in [0.2, 0.25) is 0 Å². The quantitative estimate of drug-likeness (QED) is 0.629. The minimum absolute atomic E-state index is 0.331. The fraction of sp³-hybridized carbons (Fsp3) is 0.500. The van der Waals surface area contributed by atoms with Gasteiger partial charge in [-0.15, -0.1) is 0 Å². The van der Waals surface area contributed by atoms with Gasteiger partial charge in [-0.1, -0.05) is 15.9 Å². The van der Waals surface area contributed by atoms with E-state index in [9.17, 15) is 9.59 Å². The monoisotopic (exact) mass is 246 g/mol. The van der Waals surface area contributed by atoms with Crippen LogP contribution in [0.2, 0.25) is 0 Å². The molecule has 1 rings (SSSR count). The molecule has 72 valence electrons. The normalized spacial score (nSPS) is 10.2. The van der Waals surface area contributed by atoms with E-state index in [1.807, 2.05) is 0 Å². The Morgan fingerprint density at radius 3 is 2.77 bits per heavy atom. The summed E-state index contributed by atoms with van der Waals surface area (Å²) in [5.41, 5.74) is -0.677. The number of unbranched alkanes of at least 4 members (excludes halogenated alkanes) is 1. The predicted octanol–water partition coefficient (Wildman–Crippen LogP) is 0.712. The van der Waals surface area contributed by atoms with Crippen LogP contribution in [0, 0.1) is 0 Å². The molecular weight excluding hydrogens is 236 g/mol. The molecule has 0 aliphatic heterocycles. The van der Waals surface area contributed by atoms with Gasteiger partial charge in [0.05, 0.1) is 0 Å². The van der Waals surface area contributed by atoms with Crippen LogP contribution < -0.4 is 11.2 Å². The first-order valence-electron chi connectivity index (χ1n) is 4.10. The Morgan fingerprint density at radius 1 is 1.38 bits per heavy atom. The van der Waals surface area contributed by atoms with E-state index in [1.54, 1.807) is 0 Å². The van der Waals surface area contributed by atoms with Crippen molar-refractivity contribution in [1.29, 1.82) is 0 Å². The van der Waals surface area contributed by atoms with Crippen LogP contribution in [0.4, 0.5) is 0 Å². The van der Waals surface area contributed by atoms with Crippen LogP contribution in [0.25, 0.3) is 0 Å². The summed E-state index contributed by atoms with van der Waals surface area (Å²) in [7, 11) is 0. The third kappa shape index (κ3) is 3.18. The maximum atomic E-state index is 11.1. The van der Waals surface area contributed by atoms with Crippen molar-refractivity contribution in [2.24, 2.45) is 0 Å². The number of nitrogens with one attached hydrogen (secondary N) is 1. The Balaban J connectivity index is 2.67. The van der Waals surface area contributed by atoms with Gasteiger partial charge in [0.15, 0.2) is 0 Å². The number of nitrogens with zero attached hydrogens (tertiary/aromatic N) is 1. The number of H-pyrrole nitrogens is 1. The van der Waals surface area contributed by atoms with Crippen molar-refractivity contribution in [3.8, 4) is 0 Å². The van der Waals surface area contributed by atoms with E-state index < -0.39 is 0 Å². The molecule has 0 atom stereocenters. The van der Waals surface area contributed by atoms with Crippen LogP contribution in [0.15, 0.2) is 21.9 Å². The van der Waals surface area contributed by atoms with Gasteiger partial charge in [-0.25, -0.2) is 4.79 Å². The van der Waals surface area contributed by atoms with Gasteiger partial charge < -0.3 is 4.57 Å². The lowest BCUT2D eigenvalue weighted by Gasteiger charge is -2.01. The first kappa shape index (κ1) is 10.2. The summed E-state index contributed by atoms with van der Waals surface area (Å²) in [5.74, 6) is 0. The van der Waals surface area contributed by atoms with Crippen LogP contribution in [0.3, 0.4) is 0 Å². The van der Waals surface area contributed by atoms with E-state index >= 15 is 0 Å². The van der Waals surface area contributed by atoms with E-state index in [4.69, 9.17) is 0 Å². The molecule has 5 heteroatoms. The second-order valence-corrected chi connectivity index (χ2v) is 3.49. The number of aromatic nitrogens is 2. The molecule has 0 amide bonds. The van der Waals surface area contributed by atoms with E-state index in [0.29, 0.717) is 6.54 Å². The van der Waals surface area contributed by atoms with Crippen molar-refractivity contribution in [3.05, 3.63) is 33.1 Å². The third-order valence-corrected chi connectivity index (χ3v) is 2.24. The molecule has 0 saturated heterocycles. The van der Waals surface area contributed by atoms with Crippen LogP contribution in [0.1, 0.15) is 12.8 Å². The lowest BCUT2D eigenvalue weighted by atomic mass is 10.3. The second-order valence-electron chi connectivity index (χ2n) is 2.70. The number of aromatic amines is 1. The standard InChI is InChI=1S/C8H11BrN2O2/c9-4-1-2-5-11-6-3-7(12)10-8(11)13/h3,6H,1-2,4-5H2,(H,10,12,13). The van der Waals surface area contributed by atoms with Crippen LogP contribution >= 0.6 is 15.9 Å². The number of alkyl halides is 1. The summed E-state index contributed by atoms with van der Waals surface area (Å²) >= 11 is 3.31. The maximum absolute atomic E-state index is 11.1. The fourth-order valence-corrected chi connectivity index (χ4v) is 1.39. The highest BCUT2D eigenvalue weighted by Crippen LogP contribution is 1.95. The predicted molar refractivity (Wildman–Crippen MR) is 54.4 cm³/mol.